The second kappa shape index (κ2) is 6.69. The average molecular weight is 322 g/mol. The minimum Gasteiger partial charge on any atom is -0.487 e. The fraction of sp³-hybridized carbons (Fsp3) is 0.294. The van der Waals surface area contributed by atoms with Crippen molar-refractivity contribution >= 4 is 23.2 Å². The lowest BCUT2D eigenvalue weighted by atomic mass is 10.1. The largest absolute Gasteiger partial charge is 0.487 e. The van der Waals surface area contributed by atoms with E-state index in [4.69, 9.17) is 27.9 Å². The number of ether oxygens (including phenoxy) is 1. The Bertz CT molecular complexity index is 626. The first kappa shape index (κ1) is 14.7. The quantitative estimate of drug-likeness (QED) is 0.823. The van der Waals surface area contributed by atoms with Gasteiger partial charge in [-0.3, -0.25) is 0 Å². The predicted octanol–water partition coefficient (Wildman–Crippen LogP) is 4.82. The van der Waals surface area contributed by atoms with Crippen molar-refractivity contribution in [3.8, 4) is 5.75 Å². The van der Waals surface area contributed by atoms with E-state index < -0.39 is 0 Å². The molecule has 1 fully saturated rings. The molecule has 3 rings (SSSR count). The molecule has 2 nitrogen and oxygen atoms in total. The lowest BCUT2D eigenvalue weighted by Gasteiger charge is -2.10. The van der Waals surface area contributed by atoms with Gasteiger partial charge in [0.25, 0.3) is 0 Å². The standard InChI is InChI=1S/C17H17Cl2NO/c18-14-4-7-16(19)17(9-14)21-11-13-3-1-2-12(8-13)10-20-15-5-6-15/h1-4,7-9,15,20H,5-6,10-11H2. The molecule has 2 aromatic carbocycles. The van der Waals surface area contributed by atoms with Crippen molar-refractivity contribution in [2.24, 2.45) is 0 Å². The fourth-order valence-electron chi connectivity index (χ4n) is 2.13. The first-order valence-corrected chi connectivity index (χ1v) is 7.85. The summed E-state index contributed by atoms with van der Waals surface area (Å²) in [6, 6.07) is 14.4. The molecule has 0 amide bonds. The average Bonchev–Trinajstić information content (AvgIpc) is 3.31. The zero-order chi connectivity index (χ0) is 14.7. The topological polar surface area (TPSA) is 21.3 Å². The third kappa shape index (κ3) is 4.37. The summed E-state index contributed by atoms with van der Waals surface area (Å²) in [4.78, 5) is 0. The Hall–Kier alpha value is -1.22. The van der Waals surface area contributed by atoms with Crippen LogP contribution in [0.1, 0.15) is 24.0 Å². The molecule has 1 aliphatic carbocycles. The molecule has 0 spiro atoms. The summed E-state index contributed by atoms with van der Waals surface area (Å²) in [6.07, 6.45) is 2.60. The van der Waals surface area contributed by atoms with Gasteiger partial charge in [0, 0.05) is 23.7 Å². The Morgan fingerprint density at radius 2 is 1.86 bits per heavy atom. The van der Waals surface area contributed by atoms with Crippen molar-refractivity contribution < 1.29 is 4.74 Å². The fourth-order valence-corrected chi connectivity index (χ4v) is 2.46. The number of hydrogen-bond donors (Lipinski definition) is 1. The van der Waals surface area contributed by atoms with Crippen LogP contribution < -0.4 is 10.1 Å². The molecule has 1 saturated carbocycles. The van der Waals surface area contributed by atoms with E-state index in [9.17, 15) is 0 Å². The van der Waals surface area contributed by atoms with Crippen LogP contribution in [-0.2, 0) is 13.2 Å². The lowest BCUT2D eigenvalue weighted by Crippen LogP contribution is -2.15. The highest BCUT2D eigenvalue weighted by atomic mass is 35.5. The molecule has 0 saturated heterocycles. The minimum atomic E-state index is 0.483. The molecule has 0 atom stereocenters. The molecule has 0 radical (unpaired) electrons. The normalized spacial score (nSPS) is 14.2. The number of benzene rings is 2. The van der Waals surface area contributed by atoms with Crippen molar-refractivity contribution in [2.75, 3.05) is 0 Å². The first-order chi connectivity index (χ1) is 10.2. The highest BCUT2D eigenvalue weighted by Crippen LogP contribution is 2.28. The van der Waals surface area contributed by atoms with Crippen molar-refractivity contribution in [3.63, 3.8) is 0 Å². The van der Waals surface area contributed by atoms with Crippen LogP contribution in [0.15, 0.2) is 42.5 Å². The summed E-state index contributed by atoms with van der Waals surface area (Å²) in [7, 11) is 0. The molecule has 0 heterocycles. The smallest absolute Gasteiger partial charge is 0.139 e. The summed E-state index contributed by atoms with van der Waals surface area (Å²) >= 11 is 12.0. The van der Waals surface area contributed by atoms with Crippen molar-refractivity contribution in [1.82, 2.24) is 5.32 Å². The molecule has 110 valence electrons. The van der Waals surface area contributed by atoms with E-state index in [1.165, 1.54) is 18.4 Å². The van der Waals surface area contributed by atoms with Gasteiger partial charge in [0.1, 0.15) is 12.4 Å². The van der Waals surface area contributed by atoms with Crippen LogP contribution in [0.4, 0.5) is 0 Å². The number of nitrogens with one attached hydrogen (secondary N) is 1. The van der Waals surface area contributed by atoms with E-state index in [2.05, 4.69) is 29.6 Å². The van der Waals surface area contributed by atoms with Crippen LogP contribution in [0.5, 0.6) is 5.75 Å². The van der Waals surface area contributed by atoms with E-state index in [1.54, 1.807) is 18.2 Å². The predicted molar refractivity (Wildman–Crippen MR) is 87.1 cm³/mol. The number of rotatable bonds is 6. The monoisotopic (exact) mass is 321 g/mol. The maximum atomic E-state index is 6.09. The van der Waals surface area contributed by atoms with Gasteiger partial charge in [0.05, 0.1) is 5.02 Å². The maximum absolute atomic E-state index is 6.09. The second-order valence-electron chi connectivity index (χ2n) is 5.34. The van der Waals surface area contributed by atoms with Crippen LogP contribution in [0.2, 0.25) is 10.0 Å². The van der Waals surface area contributed by atoms with Crippen molar-refractivity contribution in [2.45, 2.75) is 32.0 Å². The molecular weight excluding hydrogens is 305 g/mol. The van der Waals surface area contributed by atoms with Gasteiger partial charge >= 0.3 is 0 Å². The molecular formula is C17H17Cl2NO. The third-order valence-electron chi connectivity index (χ3n) is 3.45. The van der Waals surface area contributed by atoms with Gasteiger partial charge < -0.3 is 10.1 Å². The number of hydrogen-bond acceptors (Lipinski definition) is 2. The maximum Gasteiger partial charge on any atom is 0.139 e. The Morgan fingerprint density at radius 3 is 2.67 bits per heavy atom. The lowest BCUT2D eigenvalue weighted by molar-refractivity contribution is 0.306. The highest BCUT2D eigenvalue weighted by molar-refractivity contribution is 6.34. The van der Waals surface area contributed by atoms with Gasteiger partial charge in [0.15, 0.2) is 0 Å². The Kier molecular flexibility index (Phi) is 4.69. The van der Waals surface area contributed by atoms with Crippen LogP contribution in [0, 0.1) is 0 Å². The summed E-state index contributed by atoms with van der Waals surface area (Å²) in [5.41, 5.74) is 2.40. The zero-order valence-electron chi connectivity index (χ0n) is 11.6. The first-order valence-electron chi connectivity index (χ1n) is 7.10. The molecule has 1 aliphatic rings. The third-order valence-corrected chi connectivity index (χ3v) is 4.00. The van der Waals surface area contributed by atoms with Crippen LogP contribution in [0.25, 0.3) is 0 Å². The zero-order valence-corrected chi connectivity index (χ0v) is 13.1. The van der Waals surface area contributed by atoms with Gasteiger partial charge in [-0.1, -0.05) is 47.5 Å². The van der Waals surface area contributed by atoms with Gasteiger partial charge in [-0.15, -0.1) is 0 Å². The molecule has 0 unspecified atom stereocenters. The molecule has 0 bridgehead atoms. The summed E-state index contributed by atoms with van der Waals surface area (Å²) in [5, 5.41) is 4.71. The van der Waals surface area contributed by atoms with Gasteiger partial charge in [-0.25, -0.2) is 0 Å². The molecule has 0 aliphatic heterocycles. The number of halogens is 2. The Labute approximate surface area is 135 Å². The van der Waals surface area contributed by atoms with Crippen molar-refractivity contribution in [3.05, 3.63) is 63.6 Å². The second-order valence-corrected chi connectivity index (χ2v) is 6.18. The summed E-state index contributed by atoms with van der Waals surface area (Å²) in [6.45, 7) is 1.40. The molecule has 2 aromatic rings. The molecule has 0 aromatic heterocycles. The summed E-state index contributed by atoms with van der Waals surface area (Å²) < 4.78 is 5.76. The van der Waals surface area contributed by atoms with E-state index in [1.807, 2.05) is 0 Å². The van der Waals surface area contributed by atoms with Gasteiger partial charge in [0.2, 0.25) is 0 Å². The van der Waals surface area contributed by atoms with Crippen LogP contribution in [0.3, 0.4) is 0 Å². The van der Waals surface area contributed by atoms with Gasteiger partial charge in [-0.2, -0.15) is 0 Å². The Balaban J connectivity index is 1.61. The van der Waals surface area contributed by atoms with E-state index in [-0.39, 0.29) is 0 Å². The van der Waals surface area contributed by atoms with Crippen LogP contribution >= 0.6 is 23.2 Å². The van der Waals surface area contributed by atoms with E-state index in [0.717, 1.165) is 18.2 Å². The summed E-state index contributed by atoms with van der Waals surface area (Å²) in [5.74, 6) is 0.616. The van der Waals surface area contributed by atoms with E-state index >= 15 is 0 Å². The van der Waals surface area contributed by atoms with E-state index in [0.29, 0.717) is 22.4 Å². The van der Waals surface area contributed by atoms with Crippen molar-refractivity contribution in [1.29, 1.82) is 0 Å². The van der Waals surface area contributed by atoms with Gasteiger partial charge in [-0.05, 0) is 36.1 Å². The Morgan fingerprint density at radius 1 is 1.05 bits per heavy atom. The van der Waals surface area contributed by atoms with Crippen LogP contribution in [-0.4, -0.2) is 6.04 Å². The SMILES string of the molecule is Clc1ccc(Cl)c(OCc2cccc(CNC3CC3)c2)c1. The molecule has 21 heavy (non-hydrogen) atoms. The minimum absolute atomic E-state index is 0.483. The molecule has 1 N–H and O–H groups in total. The molecule has 4 heteroatoms. The highest BCUT2D eigenvalue weighted by Gasteiger charge is 2.19.